The number of thiophene rings is 1. The molecule has 10 heteroatoms. The van der Waals surface area contributed by atoms with Gasteiger partial charge in [0.25, 0.3) is 0 Å². The van der Waals surface area contributed by atoms with E-state index >= 15 is 0 Å². The molecule has 2 aromatic heterocycles. The summed E-state index contributed by atoms with van der Waals surface area (Å²) in [6, 6.07) is 5.96. The third kappa shape index (κ3) is 4.27. The number of carbonyl (C=O) groups is 3. The molecule has 1 aromatic carbocycles. The van der Waals surface area contributed by atoms with Gasteiger partial charge in [0, 0.05) is 48.9 Å². The average molecular weight is 496 g/mol. The number of thioether (sulfide) groups is 1. The number of aryl methyl sites for hydroxylation is 1. The van der Waals surface area contributed by atoms with Gasteiger partial charge in [0.2, 0.25) is 11.8 Å². The second-order valence-electron chi connectivity index (χ2n) is 8.93. The molecule has 1 N–H and O–H groups in total. The maximum Gasteiger partial charge on any atom is 0.241 e. The second kappa shape index (κ2) is 8.99. The number of benzene rings is 1. The van der Waals surface area contributed by atoms with Crippen molar-refractivity contribution >= 4 is 61.8 Å². The van der Waals surface area contributed by atoms with Crippen molar-refractivity contribution in [1.82, 2.24) is 19.8 Å². The number of amides is 2. The summed E-state index contributed by atoms with van der Waals surface area (Å²) in [4.78, 5) is 51.9. The number of likely N-dealkylation sites (N-methyl/N-ethyl adjacent to an activating group) is 2. The minimum atomic E-state index is -0.142. The van der Waals surface area contributed by atoms with Crippen LogP contribution in [0.2, 0.25) is 0 Å². The molecule has 34 heavy (non-hydrogen) atoms. The summed E-state index contributed by atoms with van der Waals surface area (Å²) in [5, 5.41) is 4.60. The highest BCUT2D eigenvalue weighted by molar-refractivity contribution is 8.14. The summed E-state index contributed by atoms with van der Waals surface area (Å²) in [5.41, 5.74) is 3.15. The van der Waals surface area contributed by atoms with Gasteiger partial charge in [-0.1, -0.05) is 17.8 Å². The van der Waals surface area contributed by atoms with E-state index in [4.69, 9.17) is 0 Å². The minimum absolute atomic E-state index is 0.00734. The Morgan fingerprint density at radius 3 is 2.82 bits per heavy atom. The normalized spacial score (nSPS) is 16.8. The molecule has 0 radical (unpaired) electrons. The van der Waals surface area contributed by atoms with Gasteiger partial charge in [-0.15, -0.1) is 11.3 Å². The van der Waals surface area contributed by atoms with Gasteiger partial charge in [0.05, 0.1) is 11.9 Å². The maximum absolute atomic E-state index is 13.0. The van der Waals surface area contributed by atoms with Crippen molar-refractivity contribution in [2.24, 2.45) is 5.92 Å². The fraction of sp³-hybridized carbons (Fsp3) is 0.375. The standard InChI is InChI=1S/C24H25N5O3S2/c1-28(2)19(30)11-29(3)24(32)14-5-7-16-18(8-14)34-23-21(16)22(25-12-26-23)27-15-6-4-13-9-20(31)33-17(13)10-15/h4,6,10,12,14H,5,7-9,11H2,1-3H3,(H,25,26,27). The van der Waals surface area contributed by atoms with E-state index < -0.39 is 0 Å². The van der Waals surface area contributed by atoms with Gasteiger partial charge in [-0.05, 0) is 42.5 Å². The number of aromatic nitrogens is 2. The zero-order chi connectivity index (χ0) is 24.0. The monoisotopic (exact) mass is 495 g/mol. The number of anilines is 2. The average Bonchev–Trinajstić information content (AvgIpc) is 3.37. The molecule has 0 bridgehead atoms. The molecule has 0 spiro atoms. The zero-order valence-corrected chi connectivity index (χ0v) is 20.9. The van der Waals surface area contributed by atoms with Crippen molar-refractivity contribution in [3.63, 3.8) is 0 Å². The zero-order valence-electron chi connectivity index (χ0n) is 19.3. The largest absolute Gasteiger partial charge is 0.347 e. The first-order valence-corrected chi connectivity index (χ1v) is 12.7. The molecule has 3 heterocycles. The second-order valence-corrected chi connectivity index (χ2v) is 11.1. The molecule has 2 aliphatic rings. The van der Waals surface area contributed by atoms with E-state index in [0.29, 0.717) is 12.8 Å². The van der Waals surface area contributed by atoms with Crippen molar-refractivity contribution in [3.05, 3.63) is 40.5 Å². The van der Waals surface area contributed by atoms with Crippen LogP contribution in [0.15, 0.2) is 29.4 Å². The molecule has 1 unspecified atom stereocenters. The van der Waals surface area contributed by atoms with E-state index in [0.717, 1.165) is 49.9 Å². The number of fused-ring (bicyclic) bond motifs is 4. The predicted molar refractivity (Wildman–Crippen MR) is 134 cm³/mol. The van der Waals surface area contributed by atoms with E-state index in [-0.39, 0.29) is 29.4 Å². The lowest BCUT2D eigenvalue weighted by Gasteiger charge is -2.27. The van der Waals surface area contributed by atoms with Gasteiger partial charge in [0.15, 0.2) is 5.12 Å². The van der Waals surface area contributed by atoms with E-state index in [9.17, 15) is 14.4 Å². The first-order valence-electron chi connectivity index (χ1n) is 11.1. The number of hydrogen-bond donors (Lipinski definition) is 1. The maximum atomic E-state index is 13.0. The Labute approximate surface area is 205 Å². The number of hydrogen-bond acceptors (Lipinski definition) is 8. The van der Waals surface area contributed by atoms with E-state index in [1.165, 1.54) is 27.1 Å². The highest BCUT2D eigenvalue weighted by Crippen LogP contribution is 2.41. The Morgan fingerprint density at radius 1 is 1.21 bits per heavy atom. The lowest BCUT2D eigenvalue weighted by Crippen LogP contribution is -2.41. The molecule has 176 valence electrons. The third-order valence-corrected chi connectivity index (χ3v) is 8.46. The van der Waals surface area contributed by atoms with Gasteiger partial charge in [-0.2, -0.15) is 0 Å². The van der Waals surface area contributed by atoms with Crippen LogP contribution in [0.25, 0.3) is 10.2 Å². The molecule has 1 atom stereocenters. The highest BCUT2D eigenvalue weighted by Gasteiger charge is 2.31. The summed E-state index contributed by atoms with van der Waals surface area (Å²) in [6.45, 7) is 0.0891. The van der Waals surface area contributed by atoms with Crippen LogP contribution in [0.1, 0.15) is 22.4 Å². The molecule has 0 saturated heterocycles. The van der Waals surface area contributed by atoms with Crippen LogP contribution in [0, 0.1) is 5.92 Å². The van der Waals surface area contributed by atoms with Gasteiger partial charge >= 0.3 is 0 Å². The molecule has 3 aromatic rings. The van der Waals surface area contributed by atoms with Crippen LogP contribution in [0.5, 0.6) is 0 Å². The van der Waals surface area contributed by atoms with Crippen molar-refractivity contribution in [1.29, 1.82) is 0 Å². The molecule has 1 aliphatic heterocycles. The molecule has 8 nitrogen and oxygen atoms in total. The lowest BCUT2D eigenvalue weighted by atomic mass is 9.87. The molecule has 0 fully saturated rings. The van der Waals surface area contributed by atoms with Crippen LogP contribution in [-0.4, -0.2) is 64.4 Å². The van der Waals surface area contributed by atoms with Crippen LogP contribution < -0.4 is 5.32 Å². The van der Waals surface area contributed by atoms with Crippen LogP contribution in [0.4, 0.5) is 11.5 Å². The number of rotatable bonds is 5. The Balaban J connectivity index is 1.37. The van der Waals surface area contributed by atoms with Crippen molar-refractivity contribution < 1.29 is 14.4 Å². The van der Waals surface area contributed by atoms with Crippen LogP contribution >= 0.6 is 23.1 Å². The summed E-state index contributed by atoms with van der Waals surface area (Å²) >= 11 is 2.90. The quantitative estimate of drug-likeness (QED) is 0.580. The highest BCUT2D eigenvalue weighted by atomic mass is 32.2. The van der Waals surface area contributed by atoms with Crippen molar-refractivity contribution in [2.75, 3.05) is 33.0 Å². The number of carbonyl (C=O) groups excluding carboxylic acids is 3. The van der Waals surface area contributed by atoms with Crippen LogP contribution in [-0.2, 0) is 33.6 Å². The summed E-state index contributed by atoms with van der Waals surface area (Å²) in [7, 11) is 5.08. The Kier molecular flexibility index (Phi) is 6.03. The minimum Gasteiger partial charge on any atom is -0.347 e. The van der Waals surface area contributed by atoms with Gasteiger partial charge in [-0.3, -0.25) is 14.4 Å². The topological polar surface area (TPSA) is 95.5 Å². The molecular weight excluding hydrogens is 470 g/mol. The molecule has 0 saturated carbocycles. The van der Waals surface area contributed by atoms with Gasteiger partial charge in [-0.25, -0.2) is 9.97 Å². The smallest absolute Gasteiger partial charge is 0.241 e. The van der Waals surface area contributed by atoms with E-state index in [1.54, 1.807) is 38.8 Å². The van der Waals surface area contributed by atoms with Gasteiger partial charge < -0.3 is 15.1 Å². The third-order valence-electron chi connectivity index (χ3n) is 6.33. The summed E-state index contributed by atoms with van der Waals surface area (Å²) in [5.74, 6) is 0.522. The first kappa shape index (κ1) is 22.8. The first-order chi connectivity index (χ1) is 16.3. The molecular formula is C24H25N5O3S2. The van der Waals surface area contributed by atoms with E-state index in [2.05, 4.69) is 15.3 Å². The van der Waals surface area contributed by atoms with Crippen molar-refractivity contribution in [2.45, 2.75) is 30.6 Å². The Hall–Kier alpha value is -2.98. The predicted octanol–water partition coefficient (Wildman–Crippen LogP) is 3.26. The fourth-order valence-corrected chi connectivity index (χ4v) is 6.67. The molecule has 2 amide bonds. The lowest BCUT2D eigenvalue weighted by molar-refractivity contribution is -0.140. The van der Waals surface area contributed by atoms with Crippen molar-refractivity contribution in [3.8, 4) is 0 Å². The fourth-order valence-electron chi connectivity index (χ4n) is 4.47. The van der Waals surface area contributed by atoms with E-state index in [1.807, 2.05) is 18.2 Å². The SMILES string of the molecule is CN(C)C(=O)CN(C)C(=O)C1CCc2c(sc3ncnc(Nc4ccc5c(c4)SC(=O)C5)c23)C1. The van der Waals surface area contributed by atoms with Gasteiger partial charge in [0.1, 0.15) is 17.0 Å². The summed E-state index contributed by atoms with van der Waals surface area (Å²) < 4.78 is 0. The number of nitrogens with zero attached hydrogens (tertiary/aromatic N) is 4. The number of nitrogens with one attached hydrogen (secondary N) is 1. The van der Waals surface area contributed by atoms with Crippen LogP contribution in [0.3, 0.4) is 0 Å². The molecule has 1 aliphatic carbocycles. The summed E-state index contributed by atoms with van der Waals surface area (Å²) in [6.07, 6.45) is 4.17. The molecule has 5 rings (SSSR count). The Bertz CT molecular complexity index is 1320. The Morgan fingerprint density at radius 2 is 2.03 bits per heavy atom.